The molecule has 0 spiro atoms. The molecule has 0 saturated heterocycles. The maximum absolute atomic E-state index is 13.8. The van der Waals surface area contributed by atoms with Crippen LogP contribution in [0.2, 0.25) is 0 Å². The first kappa shape index (κ1) is 12.0. The van der Waals surface area contributed by atoms with Crippen molar-refractivity contribution < 1.29 is 13.6 Å². The van der Waals surface area contributed by atoms with Crippen molar-refractivity contribution in [3.63, 3.8) is 0 Å². The van der Waals surface area contributed by atoms with Crippen LogP contribution in [-0.4, -0.2) is 12.5 Å². The van der Waals surface area contributed by atoms with Gasteiger partial charge in [0.2, 0.25) is 5.91 Å². The second kappa shape index (κ2) is 4.43. The first-order valence-corrected chi connectivity index (χ1v) is 5.80. The van der Waals surface area contributed by atoms with Gasteiger partial charge in [-0.15, -0.1) is 0 Å². The van der Waals surface area contributed by atoms with Gasteiger partial charge in [0.15, 0.2) is 11.6 Å². The van der Waals surface area contributed by atoms with Gasteiger partial charge in [-0.1, -0.05) is 19.9 Å². The zero-order chi connectivity index (χ0) is 12.6. The highest BCUT2D eigenvalue weighted by Crippen LogP contribution is 2.32. The van der Waals surface area contributed by atoms with Crippen LogP contribution in [0.25, 0.3) is 0 Å². The van der Waals surface area contributed by atoms with E-state index in [0.717, 1.165) is 12.5 Å². The average molecular weight is 239 g/mol. The molecule has 1 amide bonds. The molecule has 1 aromatic carbocycles. The molecule has 1 aliphatic rings. The summed E-state index contributed by atoms with van der Waals surface area (Å²) in [5.41, 5.74) is 0.846. The lowest BCUT2D eigenvalue weighted by molar-refractivity contribution is -0.121. The lowest BCUT2D eigenvalue weighted by Gasteiger charge is -2.31. The number of rotatable bonds is 1. The van der Waals surface area contributed by atoms with Crippen molar-refractivity contribution in [1.82, 2.24) is 0 Å². The third-order valence-electron chi connectivity index (χ3n) is 3.01. The van der Waals surface area contributed by atoms with Gasteiger partial charge in [0, 0.05) is 12.5 Å². The minimum Gasteiger partial charge on any atom is -0.309 e. The number of carbonyl (C=O) groups excluding carboxylic acids is 1. The van der Waals surface area contributed by atoms with Crippen molar-refractivity contribution in [2.75, 3.05) is 11.4 Å². The van der Waals surface area contributed by atoms with E-state index < -0.39 is 11.6 Å². The van der Waals surface area contributed by atoms with E-state index >= 15 is 0 Å². The topological polar surface area (TPSA) is 20.3 Å². The monoisotopic (exact) mass is 239 g/mol. The molecule has 0 aromatic heterocycles. The van der Waals surface area contributed by atoms with Crippen molar-refractivity contribution in [3.05, 3.63) is 29.3 Å². The second-order valence-corrected chi connectivity index (χ2v) is 4.62. The largest absolute Gasteiger partial charge is 0.309 e. The van der Waals surface area contributed by atoms with Gasteiger partial charge in [-0.3, -0.25) is 4.79 Å². The van der Waals surface area contributed by atoms with E-state index in [-0.39, 0.29) is 17.5 Å². The van der Waals surface area contributed by atoms with Crippen LogP contribution in [0.1, 0.15) is 25.8 Å². The Balaban J connectivity index is 2.50. The summed E-state index contributed by atoms with van der Waals surface area (Å²) in [6, 6.07) is 2.69. The summed E-state index contributed by atoms with van der Waals surface area (Å²) in [7, 11) is 0. The Labute approximate surface area is 99.2 Å². The van der Waals surface area contributed by atoms with E-state index in [2.05, 4.69) is 0 Å². The summed E-state index contributed by atoms with van der Waals surface area (Å²) >= 11 is 0. The zero-order valence-corrected chi connectivity index (χ0v) is 9.96. The molecule has 0 saturated carbocycles. The quantitative estimate of drug-likeness (QED) is 0.738. The summed E-state index contributed by atoms with van der Waals surface area (Å²) in [4.78, 5) is 13.3. The van der Waals surface area contributed by atoms with Gasteiger partial charge >= 0.3 is 0 Å². The highest BCUT2D eigenvalue weighted by atomic mass is 19.2. The number of fused-ring (bicyclic) bond motifs is 1. The van der Waals surface area contributed by atoms with Gasteiger partial charge in [-0.2, -0.15) is 0 Å². The van der Waals surface area contributed by atoms with Gasteiger partial charge in [0.05, 0.1) is 5.69 Å². The Morgan fingerprint density at radius 2 is 2.06 bits per heavy atom. The molecular formula is C13H15F2NO. The highest BCUT2D eigenvalue weighted by molar-refractivity contribution is 5.95. The van der Waals surface area contributed by atoms with Crippen molar-refractivity contribution in [2.24, 2.45) is 5.92 Å². The van der Waals surface area contributed by atoms with Gasteiger partial charge in [0.25, 0.3) is 0 Å². The van der Waals surface area contributed by atoms with Crippen LogP contribution >= 0.6 is 0 Å². The predicted octanol–water partition coefficient (Wildman–Crippen LogP) is 2.90. The van der Waals surface area contributed by atoms with Gasteiger partial charge in [-0.05, 0) is 24.5 Å². The van der Waals surface area contributed by atoms with Crippen LogP contribution < -0.4 is 4.90 Å². The molecule has 0 N–H and O–H groups in total. The van der Waals surface area contributed by atoms with Crippen molar-refractivity contribution in [3.8, 4) is 0 Å². The Morgan fingerprint density at radius 3 is 2.71 bits per heavy atom. The molecule has 1 aromatic rings. The number of amides is 1. The molecule has 0 fully saturated rings. The first-order valence-electron chi connectivity index (χ1n) is 5.80. The molecule has 1 aliphatic heterocycles. The predicted molar refractivity (Wildman–Crippen MR) is 61.9 cm³/mol. The number of benzene rings is 1. The molecule has 92 valence electrons. The van der Waals surface area contributed by atoms with Gasteiger partial charge in [0.1, 0.15) is 0 Å². The molecule has 17 heavy (non-hydrogen) atoms. The summed E-state index contributed by atoms with van der Waals surface area (Å²) < 4.78 is 27.0. The molecule has 0 aliphatic carbocycles. The number of anilines is 1. The Hall–Kier alpha value is -1.45. The third-order valence-corrected chi connectivity index (χ3v) is 3.01. The van der Waals surface area contributed by atoms with Crippen LogP contribution in [-0.2, 0) is 11.2 Å². The lowest BCUT2D eigenvalue weighted by atomic mass is 9.99. The van der Waals surface area contributed by atoms with Crippen LogP contribution in [0.4, 0.5) is 14.5 Å². The fraction of sp³-hybridized carbons (Fsp3) is 0.462. The number of nitrogens with zero attached hydrogens (tertiary/aromatic N) is 1. The SMILES string of the molecule is CC(C)C(=O)N1CCCc2ccc(F)c(F)c21. The summed E-state index contributed by atoms with van der Waals surface area (Å²) in [5.74, 6) is -2.18. The summed E-state index contributed by atoms with van der Waals surface area (Å²) in [6.45, 7) is 3.98. The molecule has 0 unspecified atom stereocenters. The number of carbonyl (C=O) groups is 1. The fourth-order valence-electron chi connectivity index (χ4n) is 2.14. The molecule has 0 bridgehead atoms. The first-order chi connectivity index (χ1) is 8.02. The third kappa shape index (κ3) is 2.04. The Bertz CT molecular complexity index is 457. The standard InChI is InChI=1S/C13H15F2NO/c1-8(2)13(17)16-7-3-4-9-5-6-10(14)11(15)12(9)16/h5-6,8H,3-4,7H2,1-2H3. The molecule has 0 radical (unpaired) electrons. The second-order valence-electron chi connectivity index (χ2n) is 4.62. The summed E-state index contributed by atoms with van der Waals surface area (Å²) in [6.07, 6.45) is 1.48. The van der Waals surface area contributed by atoms with E-state index in [0.29, 0.717) is 18.5 Å². The maximum Gasteiger partial charge on any atom is 0.229 e. The van der Waals surface area contributed by atoms with Gasteiger partial charge < -0.3 is 4.90 Å². The smallest absolute Gasteiger partial charge is 0.229 e. The molecule has 1 heterocycles. The molecular weight excluding hydrogens is 224 g/mol. The minimum atomic E-state index is -0.906. The molecule has 2 rings (SSSR count). The molecule has 0 atom stereocenters. The van der Waals surface area contributed by atoms with E-state index in [1.54, 1.807) is 19.9 Å². The molecule has 2 nitrogen and oxygen atoms in total. The van der Waals surface area contributed by atoms with E-state index in [4.69, 9.17) is 0 Å². The number of aryl methyl sites for hydroxylation is 1. The van der Waals surface area contributed by atoms with Crippen LogP contribution in [0, 0.1) is 17.6 Å². The normalized spacial score (nSPS) is 15.0. The van der Waals surface area contributed by atoms with E-state index in [1.165, 1.54) is 4.90 Å². The fourth-order valence-corrected chi connectivity index (χ4v) is 2.14. The van der Waals surface area contributed by atoms with Crippen LogP contribution in [0.15, 0.2) is 12.1 Å². The highest BCUT2D eigenvalue weighted by Gasteiger charge is 2.28. The van der Waals surface area contributed by atoms with Crippen molar-refractivity contribution >= 4 is 11.6 Å². The van der Waals surface area contributed by atoms with E-state index in [1.807, 2.05) is 0 Å². The lowest BCUT2D eigenvalue weighted by Crippen LogP contribution is -2.39. The Kier molecular flexibility index (Phi) is 3.13. The summed E-state index contributed by atoms with van der Waals surface area (Å²) in [5, 5.41) is 0. The number of halogens is 2. The van der Waals surface area contributed by atoms with Crippen LogP contribution in [0.5, 0.6) is 0 Å². The average Bonchev–Trinajstić information content (AvgIpc) is 2.32. The van der Waals surface area contributed by atoms with Crippen molar-refractivity contribution in [1.29, 1.82) is 0 Å². The maximum atomic E-state index is 13.8. The van der Waals surface area contributed by atoms with E-state index in [9.17, 15) is 13.6 Å². The van der Waals surface area contributed by atoms with Gasteiger partial charge in [-0.25, -0.2) is 8.78 Å². The van der Waals surface area contributed by atoms with Crippen molar-refractivity contribution in [2.45, 2.75) is 26.7 Å². The zero-order valence-electron chi connectivity index (χ0n) is 9.96. The Morgan fingerprint density at radius 1 is 1.35 bits per heavy atom. The van der Waals surface area contributed by atoms with Crippen LogP contribution in [0.3, 0.4) is 0 Å². The minimum absolute atomic E-state index is 0.134. The molecule has 4 heteroatoms. The number of hydrogen-bond donors (Lipinski definition) is 0. The number of hydrogen-bond acceptors (Lipinski definition) is 1.